The molecule has 0 aromatic rings. The van der Waals surface area contributed by atoms with E-state index < -0.39 is 6.04 Å². The van der Waals surface area contributed by atoms with E-state index >= 15 is 0 Å². The Morgan fingerprint density at radius 2 is 2.13 bits per heavy atom. The maximum absolute atomic E-state index is 11.7. The first kappa shape index (κ1) is 14.4. The van der Waals surface area contributed by atoms with Crippen LogP contribution in [0.1, 0.15) is 46.5 Å². The van der Waals surface area contributed by atoms with E-state index in [1.807, 2.05) is 20.8 Å². The van der Waals surface area contributed by atoms with E-state index in [1.54, 1.807) is 0 Å². The predicted octanol–water partition coefficient (Wildman–Crippen LogP) is 0.781. The molecule has 2 atom stereocenters. The summed E-state index contributed by atoms with van der Waals surface area (Å²) in [5.74, 6) is -0.116. The molecule has 0 aliphatic heterocycles. The Morgan fingerprint density at radius 1 is 1.53 bits per heavy atom. The lowest BCUT2D eigenvalue weighted by Gasteiger charge is -2.30. The third-order valence-corrected chi connectivity index (χ3v) is 2.81. The van der Waals surface area contributed by atoms with Gasteiger partial charge in [-0.15, -0.1) is 0 Å². The van der Waals surface area contributed by atoms with Gasteiger partial charge in [-0.3, -0.25) is 4.79 Å². The van der Waals surface area contributed by atoms with Gasteiger partial charge in [0, 0.05) is 12.1 Å². The minimum atomic E-state index is -0.431. The summed E-state index contributed by atoms with van der Waals surface area (Å²) in [6.45, 7) is 5.99. The van der Waals surface area contributed by atoms with Crippen molar-refractivity contribution in [1.82, 2.24) is 5.32 Å². The number of aliphatic hydroxyl groups is 1. The Morgan fingerprint density at radius 3 is 2.53 bits per heavy atom. The third kappa shape index (κ3) is 5.14. The maximum Gasteiger partial charge on any atom is 0.237 e. The zero-order valence-corrected chi connectivity index (χ0v) is 10.0. The summed E-state index contributed by atoms with van der Waals surface area (Å²) < 4.78 is 0. The number of nitrogens with two attached hydrogens (primary N) is 1. The molecule has 90 valence electrons. The second-order valence-corrected chi connectivity index (χ2v) is 4.27. The van der Waals surface area contributed by atoms with Gasteiger partial charge in [0.1, 0.15) is 0 Å². The highest BCUT2D eigenvalue weighted by Crippen LogP contribution is 2.14. The van der Waals surface area contributed by atoms with Gasteiger partial charge >= 0.3 is 0 Å². The lowest BCUT2D eigenvalue weighted by molar-refractivity contribution is -0.124. The van der Waals surface area contributed by atoms with E-state index in [1.165, 1.54) is 0 Å². The number of hydrogen-bond donors (Lipinski definition) is 3. The molecule has 0 heterocycles. The van der Waals surface area contributed by atoms with E-state index in [0.717, 1.165) is 12.8 Å². The van der Waals surface area contributed by atoms with Crippen LogP contribution in [-0.2, 0) is 4.79 Å². The third-order valence-electron chi connectivity index (χ3n) is 2.81. The summed E-state index contributed by atoms with van der Waals surface area (Å²) in [5.41, 5.74) is 5.38. The van der Waals surface area contributed by atoms with Crippen LogP contribution < -0.4 is 11.1 Å². The maximum atomic E-state index is 11.7. The van der Waals surface area contributed by atoms with Crippen molar-refractivity contribution in [2.24, 2.45) is 5.73 Å². The van der Waals surface area contributed by atoms with Crippen LogP contribution >= 0.6 is 0 Å². The summed E-state index contributed by atoms with van der Waals surface area (Å²) in [6.07, 6.45) is 2.95. The highest BCUT2D eigenvalue weighted by Gasteiger charge is 2.25. The van der Waals surface area contributed by atoms with Gasteiger partial charge in [-0.05, 0) is 26.2 Å². The number of amides is 1. The fourth-order valence-corrected chi connectivity index (χ4v) is 1.41. The topological polar surface area (TPSA) is 75.4 Å². The summed E-state index contributed by atoms with van der Waals surface area (Å²) in [4.78, 5) is 11.7. The van der Waals surface area contributed by atoms with Crippen LogP contribution in [0.4, 0.5) is 0 Å². The molecule has 15 heavy (non-hydrogen) atoms. The molecule has 1 amide bonds. The van der Waals surface area contributed by atoms with Crippen molar-refractivity contribution >= 4 is 5.91 Å². The van der Waals surface area contributed by atoms with Crippen molar-refractivity contribution in [3.63, 3.8) is 0 Å². The van der Waals surface area contributed by atoms with Crippen LogP contribution in [-0.4, -0.2) is 29.2 Å². The van der Waals surface area contributed by atoms with Crippen molar-refractivity contribution in [2.45, 2.75) is 58.0 Å². The van der Waals surface area contributed by atoms with E-state index in [4.69, 9.17) is 10.8 Å². The molecule has 4 heteroatoms. The molecule has 0 radical (unpaired) electrons. The predicted molar refractivity (Wildman–Crippen MR) is 61.4 cm³/mol. The highest BCUT2D eigenvalue weighted by molar-refractivity contribution is 5.82. The van der Waals surface area contributed by atoms with Crippen molar-refractivity contribution in [3.8, 4) is 0 Å². The number of hydrogen-bond acceptors (Lipinski definition) is 3. The summed E-state index contributed by atoms with van der Waals surface area (Å²) in [5, 5.41) is 11.8. The monoisotopic (exact) mass is 216 g/mol. The molecule has 0 aliphatic rings. The number of nitrogens with one attached hydrogen (secondary N) is 1. The molecule has 0 bridgehead atoms. The van der Waals surface area contributed by atoms with Crippen molar-refractivity contribution in [1.29, 1.82) is 0 Å². The SMILES string of the molecule is CCC[C@H](N)C(=O)NC(C)(CC)CCO. The number of carbonyl (C=O) groups is 1. The molecule has 0 aliphatic carbocycles. The Hall–Kier alpha value is -0.610. The summed E-state index contributed by atoms with van der Waals surface area (Å²) in [7, 11) is 0. The molecule has 4 N–H and O–H groups in total. The average Bonchev–Trinajstić information content (AvgIpc) is 2.18. The Labute approximate surface area is 92.2 Å². The zero-order chi connectivity index (χ0) is 11.9. The fraction of sp³-hybridized carbons (Fsp3) is 0.909. The van der Waals surface area contributed by atoms with Gasteiger partial charge in [0.2, 0.25) is 5.91 Å². The normalized spacial score (nSPS) is 16.9. The van der Waals surface area contributed by atoms with Gasteiger partial charge in [0.25, 0.3) is 0 Å². The Kier molecular flexibility index (Phi) is 6.52. The van der Waals surface area contributed by atoms with Gasteiger partial charge < -0.3 is 16.2 Å². The molecule has 4 nitrogen and oxygen atoms in total. The lowest BCUT2D eigenvalue weighted by atomic mass is 9.94. The van der Waals surface area contributed by atoms with Gasteiger partial charge in [-0.2, -0.15) is 0 Å². The van der Waals surface area contributed by atoms with Crippen LogP contribution in [0, 0.1) is 0 Å². The standard InChI is InChI=1S/C11H24N2O2/c1-4-6-9(12)10(15)13-11(3,5-2)7-8-14/h9,14H,4-8,12H2,1-3H3,(H,13,15)/t9-,11?/m0/s1. The molecule has 0 saturated heterocycles. The molecule has 0 aromatic carbocycles. The molecule has 1 unspecified atom stereocenters. The number of carbonyl (C=O) groups excluding carboxylic acids is 1. The fourth-order valence-electron chi connectivity index (χ4n) is 1.41. The van der Waals surface area contributed by atoms with Crippen LogP contribution in [0.25, 0.3) is 0 Å². The molecular weight excluding hydrogens is 192 g/mol. The first-order chi connectivity index (χ1) is 6.99. The van der Waals surface area contributed by atoms with Gasteiger partial charge in [0.15, 0.2) is 0 Å². The first-order valence-corrected chi connectivity index (χ1v) is 5.67. The summed E-state index contributed by atoms with van der Waals surface area (Å²) >= 11 is 0. The second kappa shape index (κ2) is 6.80. The van der Waals surface area contributed by atoms with E-state index in [9.17, 15) is 4.79 Å². The largest absolute Gasteiger partial charge is 0.396 e. The molecule has 0 spiro atoms. The van der Waals surface area contributed by atoms with E-state index in [0.29, 0.717) is 12.8 Å². The minimum absolute atomic E-state index is 0.0770. The Balaban J connectivity index is 4.22. The molecule has 0 rings (SSSR count). The van der Waals surface area contributed by atoms with E-state index in [-0.39, 0.29) is 18.1 Å². The quantitative estimate of drug-likeness (QED) is 0.588. The van der Waals surface area contributed by atoms with Gasteiger partial charge in [-0.1, -0.05) is 20.3 Å². The molecule has 0 aromatic heterocycles. The van der Waals surface area contributed by atoms with Gasteiger partial charge in [0.05, 0.1) is 6.04 Å². The smallest absolute Gasteiger partial charge is 0.237 e. The lowest BCUT2D eigenvalue weighted by Crippen LogP contribution is -2.52. The van der Waals surface area contributed by atoms with Crippen LogP contribution in [0.3, 0.4) is 0 Å². The highest BCUT2D eigenvalue weighted by atomic mass is 16.3. The zero-order valence-electron chi connectivity index (χ0n) is 10.0. The van der Waals surface area contributed by atoms with Gasteiger partial charge in [-0.25, -0.2) is 0 Å². The molecule has 0 fully saturated rings. The molecule has 0 saturated carbocycles. The van der Waals surface area contributed by atoms with Crippen molar-refractivity contribution in [2.75, 3.05) is 6.61 Å². The van der Waals surface area contributed by atoms with Crippen LogP contribution in [0.15, 0.2) is 0 Å². The average molecular weight is 216 g/mol. The summed E-state index contributed by atoms with van der Waals surface area (Å²) in [6, 6.07) is -0.431. The molecular formula is C11H24N2O2. The number of rotatable bonds is 7. The second-order valence-electron chi connectivity index (χ2n) is 4.27. The van der Waals surface area contributed by atoms with Crippen molar-refractivity contribution < 1.29 is 9.90 Å². The minimum Gasteiger partial charge on any atom is -0.396 e. The van der Waals surface area contributed by atoms with E-state index in [2.05, 4.69) is 5.32 Å². The van der Waals surface area contributed by atoms with Crippen molar-refractivity contribution in [3.05, 3.63) is 0 Å². The number of aliphatic hydroxyl groups excluding tert-OH is 1. The van der Waals surface area contributed by atoms with Crippen LogP contribution in [0.2, 0.25) is 0 Å². The first-order valence-electron chi connectivity index (χ1n) is 5.67. The Bertz CT molecular complexity index is 197. The van der Waals surface area contributed by atoms with Crippen LogP contribution in [0.5, 0.6) is 0 Å².